The standard InChI is InChI=1S/2C4H11N.2C2H7N/c2*1-4(2,3)5;2*1-2-3/h2*5H2,1-3H3;2*2-3H2,1H3. The van der Waals surface area contributed by atoms with Crippen molar-refractivity contribution in [2.45, 2.75) is 66.5 Å². The molecule has 0 heterocycles. The molecule has 0 bridgehead atoms. The molecule has 0 saturated heterocycles. The van der Waals surface area contributed by atoms with Crippen molar-refractivity contribution in [3.05, 3.63) is 0 Å². The SMILES string of the molecule is CC(C)(C)N.CC(C)(C)N.CCN.CCN. The van der Waals surface area contributed by atoms with E-state index in [9.17, 15) is 0 Å². The summed E-state index contributed by atoms with van der Waals surface area (Å²) in [5, 5.41) is 0. The molecule has 0 saturated carbocycles. The van der Waals surface area contributed by atoms with Gasteiger partial charge in [0.25, 0.3) is 0 Å². The van der Waals surface area contributed by atoms with Crippen molar-refractivity contribution in [2.75, 3.05) is 13.1 Å². The molecule has 0 unspecified atom stereocenters. The van der Waals surface area contributed by atoms with Crippen LogP contribution in [-0.4, -0.2) is 24.2 Å². The van der Waals surface area contributed by atoms with Crippen molar-refractivity contribution in [1.82, 2.24) is 0 Å². The molecule has 0 aromatic rings. The largest absolute Gasteiger partial charge is 0.331 e. The quantitative estimate of drug-likeness (QED) is 0.510. The zero-order chi connectivity index (χ0) is 14.4. The Labute approximate surface area is 103 Å². The smallest absolute Gasteiger partial charge is 0.00686 e. The third-order valence-corrected chi connectivity index (χ3v) is 0. The van der Waals surface area contributed by atoms with Crippen molar-refractivity contribution in [1.29, 1.82) is 0 Å². The van der Waals surface area contributed by atoms with Crippen molar-refractivity contribution >= 4 is 0 Å². The maximum atomic E-state index is 5.35. The second-order valence-corrected chi connectivity index (χ2v) is 5.55. The average Bonchev–Trinajstić information content (AvgIpc) is 1.79. The molecule has 0 amide bonds. The highest BCUT2D eigenvalue weighted by Gasteiger charge is 1.95. The van der Waals surface area contributed by atoms with Crippen LogP contribution >= 0.6 is 0 Å². The average molecular weight is 236 g/mol. The number of rotatable bonds is 0. The first-order valence-electron chi connectivity index (χ1n) is 5.81. The predicted octanol–water partition coefficient (Wildman–Crippen LogP) is 1.42. The number of nitrogens with two attached hydrogens (primary N) is 4. The van der Waals surface area contributed by atoms with Crippen molar-refractivity contribution in [3.8, 4) is 0 Å². The summed E-state index contributed by atoms with van der Waals surface area (Å²) in [6.45, 7) is 17.1. The topological polar surface area (TPSA) is 104 Å². The van der Waals surface area contributed by atoms with Crippen LogP contribution in [0.2, 0.25) is 0 Å². The van der Waals surface area contributed by atoms with Gasteiger partial charge in [-0.2, -0.15) is 0 Å². The Kier molecular flexibility index (Phi) is 23.1. The summed E-state index contributed by atoms with van der Waals surface area (Å²) in [4.78, 5) is 0. The molecule has 104 valence electrons. The van der Waals surface area contributed by atoms with Gasteiger partial charge in [-0.05, 0) is 54.6 Å². The van der Waals surface area contributed by atoms with Crippen LogP contribution in [0.4, 0.5) is 0 Å². The lowest BCUT2D eigenvalue weighted by Gasteiger charge is -2.06. The minimum atomic E-state index is 0. The molecule has 0 fully saturated rings. The summed E-state index contributed by atoms with van der Waals surface area (Å²) >= 11 is 0. The van der Waals surface area contributed by atoms with Gasteiger partial charge in [-0.1, -0.05) is 13.8 Å². The second kappa shape index (κ2) is 14.8. The number of hydrogen-bond donors (Lipinski definition) is 4. The predicted molar refractivity (Wildman–Crippen MR) is 77.3 cm³/mol. The zero-order valence-electron chi connectivity index (χ0n) is 12.7. The fraction of sp³-hybridized carbons (Fsp3) is 1.00. The first kappa shape index (κ1) is 24.9. The molecule has 0 aliphatic heterocycles. The third kappa shape index (κ3) is 89100. The Morgan fingerprint density at radius 1 is 0.625 bits per heavy atom. The number of hydrogen-bond acceptors (Lipinski definition) is 4. The molecular formula is C12H36N4. The van der Waals surface area contributed by atoms with E-state index in [2.05, 4.69) is 0 Å². The normalized spacial score (nSPS) is 9.75. The van der Waals surface area contributed by atoms with Crippen LogP contribution in [0.3, 0.4) is 0 Å². The van der Waals surface area contributed by atoms with Crippen molar-refractivity contribution < 1.29 is 0 Å². The molecule has 0 aliphatic carbocycles. The van der Waals surface area contributed by atoms with E-state index in [-0.39, 0.29) is 11.1 Å². The van der Waals surface area contributed by atoms with Crippen LogP contribution in [0, 0.1) is 0 Å². The van der Waals surface area contributed by atoms with Gasteiger partial charge >= 0.3 is 0 Å². The van der Waals surface area contributed by atoms with Gasteiger partial charge < -0.3 is 22.9 Å². The van der Waals surface area contributed by atoms with E-state index in [0.29, 0.717) is 0 Å². The van der Waals surface area contributed by atoms with E-state index < -0.39 is 0 Å². The maximum absolute atomic E-state index is 5.35. The fourth-order valence-electron chi connectivity index (χ4n) is 0. The van der Waals surface area contributed by atoms with Crippen LogP contribution in [0.25, 0.3) is 0 Å². The van der Waals surface area contributed by atoms with Gasteiger partial charge in [0.1, 0.15) is 0 Å². The Bertz CT molecular complexity index is 74.6. The summed E-state index contributed by atoms with van der Waals surface area (Å²) in [5.41, 5.74) is 20.4. The molecule has 0 rings (SSSR count). The molecule has 0 radical (unpaired) electrons. The third-order valence-electron chi connectivity index (χ3n) is 0. The van der Waals surface area contributed by atoms with Crippen LogP contribution in [0.1, 0.15) is 55.4 Å². The molecule has 4 heteroatoms. The Hall–Kier alpha value is -0.160. The minimum absolute atomic E-state index is 0. The maximum Gasteiger partial charge on any atom is 0.00686 e. The molecule has 0 aromatic carbocycles. The molecule has 16 heavy (non-hydrogen) atoms. The highest BCUT2D eigenvalue weighted by Crippen LogP contribution is 1.88. The summed E-state index contributed by atoms with van der Waals surface area (Å²) in [7, 11) is 0. The monoisotopic (exact) mass is 236 g/mol. The van der Waals surface area contributed by atoms with Gasteiger partial charge in [-0.15, -0.1) is 0 Å². The van der Waals surface area contributed by atoms with E-state index >= 15 is 0 Å². The molecule has 8 N–H and O–H groups in total. The second-order valence-electron chi connectivity index (χ2n) is 5.55. The van der Waals surface area contributed by atoms with E-state index in [4.69, 9.17) is 22.9 Å². The van der Waals surface area contributed by atoms with Gasteiger partial charge in [0.15, 0.2) is 0 Å². The highest BCUT2D eigenvalue weighted by atomic mass is 14.7. The first-order valence-corrected chi connectivity index (χ1v) is 5.81. The van der Waals surface area contributed by atoms with Gasteiger partial charge in [-0.3, -0.25) is 0 Å². The zero-order valence-corrected chi connectivity index (χ0v) is 12.7. The summed E-state index contributed by atoms with van der Waals surface area (Å²) in [6, 6.07) is 0. The molecule has 0 aromatic heterocycles. The van der Waals surface area contributed by atoms with Crippen LogP contribution in [-0.2, 0) is 0 Å². The summed E-state index contributed by atoms with van der Waals surface area (Å²) in [6.07, 6.45) is 0. The van der Waals surface area contributed by atoms with E-state index in [1.807, 2.05) is 55.4 Å². The Morgan fingerprint density at radius 2 is 0.625 bits per heavy atom. The van der Waals surface area contributed by atoms with Crippen LogP contribution < -0.4 is 22.9 Å². The molecule has 0 atom stereocenters. The fourth-order valence-corrected chi connectivity index (χ4v) is 0. The van der Waals surface area contributed by atoms with Crippen LogP contribution in [0.15, 0.2) is 0 Å². The molecule has 0 aliphatic rings. The van der Waals surface area contributed by atoms with Gasteiger partial charge in [-0.25, -0.2) is 0 Å². The lowest BCUT2D eigenvalue weighted by molar-refractivity contribution is 0.579. The van der Waals surface area contributed by atoms with Gasteiger partial charge in [0, 0.05) is 11.1 Å². The highest BCUT2D eigenvalue weighted by molar-refractivity contribution is 4.60. The molecular weight excluding hydrogens is 200 g/mol. The van der Waals surface area contributed by atoms with E-state index in [1.54, 1.807) is 0 Å². The van der Waals surface area contributed by atoms with Crippen molar-refractivity contribution in [3.63, 3.8) is 0 Å². The minimum Gasteiger partial charge on any atom is -0.331 e. The van der Waals surface area contributed by atoms with Crippen LogP contribution in [0.5, 0.6) is 0 Å². The summed E-state index contributed by atoms with van der Waals surface area (Å²) in [5.74, 6) is 0. The van der Waals surface area contributed by atoms with Crippen molar-refractivity contribution in [2.24, 2.45) is 22.9 Å². The Balaban J connectivity index is -0.0000000621. The van der Waals surface area contributed by atoms with Gasteiger partial charge in [0.2, 0.25) is 0 Å². The summed E-state index contributed by atoms with van der Waals surface area (Å²) < 4.78 is 0. The lowest BCUT2D eigenvalue weighted by atomic mass is 10.1. The molecule has 0 spiro atoms. The van der Waals surface area contributed by atoms with E-state index in [0.717, 1.165) is 13.1 Å². The first-order chi connectivity index (χ1) is 6.83. The van der Waals surface area contributed by atoms with Gasteiger partial charge in [0.05, 0.1) is 0 Å². The lowest BCUT2D eigenvalue weighted by Crippen LogP contribution is -2.26. The Morgan fingerprint density at radius 3 is 0.625 bits per heavy atom. The van der Waals surface area contributed by atoms with E-state index in [1.165, 1.54) is 0 Å². The molecule has 4 nitrogen and oxygen atoms in total.